The Morgan fingerprint density at radius 2 is 1.88 bits per heavy atom. The van der Waals surface area contributed by atoms with E-state index in [2.05, 4.69) is 37.8 Å². The van der Waals surface area contributed by atoms with Crippen LogP contribution in [0.4, 0.5) is 0 Å². The molecule has 0 aliphatic carbocycles. The number of aryl methyl sites for hydroxylation is 1. The predicted molar refractivity (Wildman–Crippen MR) is 129 cm³/mol. The first-order valence-corrected chi connectivity index (χ1v) is 11.2. The summed E-state index contributed by atoms with van der Waals surface area (Å²) in [5, 5.41) is 8.10. The highest BCUT2D eigenvalue weighted by molar-refractivity contribution is 6.35. The van der Waals surface area contributed by atoms with Crippen molar-refractivity contribution >= 4 is 28.9 Å². The number of ether oxygens (including phenoxy) is 2. The molecule has 3 aromatic rings. The number of hydrogen-bond donors (Lipinski definition) is 0. The summed E-state index contributed by atoms with van der Waals surface area (Å²) in [5.74, 6) is 1.44. The van der Waals surface area contributed by atoms with E-state index in [1.807, 2.05) is 35.3 Å². The Balaban J connectivity index is 1.55. The smallest absolute Gasteiger partial charge is 0.213 e. The fourth-order valence-electron chi connectivity index (χ4n) is 4.14. The van der Waals surface area contributed by atoms with Gasteiger partial charge in [-0.05, 0) is 48.9 Å². The summed E-state index contributed by atoms with van der Waals surface area (Å²) in [6, 6.07) is 19.9. The number of halogens is 2. The summed E-state index contributed by atoms with van der Waals surface area (Å²) in [6.45, 7) is 6.23. The molecule has 2 heterocycles. The van der Waals surface area contributed by atoms with Gasteiger partial charge in [-0.25, -0.2) is 5.01 Å². The Morgan fingerprint density at radius 3 is 2.59 bits per heavy atom. The number of nitrogens with zero attached hydrogens (tertiary/aromatic N) is 2. The molecule has 0 fully saturated rings. The van der Waals surface area contributed by atoms with Crippen LogP contribution in [0.15, 0.2) is 78.4 Å². The lowest BCUT2D eigenvalue weighted by Crippen LogP contribution is -2.33. The SMILES string of the molecule is C=CCOc1ccc([C@@H]2Oc3c(Cl)cc(Cl)cc3[C@@H]3CC(c4ccc(C)cc4)=NN32)cc1. The number of benzene rings is 3. The Hall–Kier alpha value is -2.95. The third-order valence-corrected chi connectivity index (χ3v) is 6.22. The summed E-state index contributed by atoms with van der Waals surface area (Å²) >= 11 is 12.9. The van der Waals surface area contributed by atoms with Crippen LogP contribution >= 0.6 is 23.2 Å². The second-order valence-corrected chi connectivity index (χ2v) is 8.80. The maximum Gasteiger partial charge on any atom is 0.213 e. The molecule has 0 radical (unpaired) electrons. The summed E-state index contributed by atoms with van der Waals surface area (Å²) in [6.07, 6.45) is 2.05. The minimum atomic E-state index is -0.414. The normalized spacial score (nSPS) is 19.0. The van der Waals surface area contributed by atoms with Crippen LogP contribution in [0.3, 0.4) is 0 Å². The number of fused-ring (bicyclic) bond motifs is 3. The van der Waals surface area contributed by atoms with E-state index in [1.165, 1.54) is 5.56 Å². The molecule has 0 spiro atoms. The second-order valence-electron chi connectivity index (χ2n) is 7.96. The van der Waals surface area contributed by atoms with Crippen LogP contribution in [-0.4, -0.2) is 17.3 Å². The molecule has 0 unspecified atom stereocenters. The van der Waals surface area contributed by atoms with Crippen LogP contribution in [0.2, 0.25) is 10.0 Å². The van der Waals surface area contributed by atoms with Gasteiger partial charge in [0.2, 0.25) is 6.23 Å². The van der Waals surface area contributed by atoms with Crippen molar-refractivity contribution < 1.29 is 9.47 Å². The maximum absolute atomic E-state index is 6.55. The molecule has 32 heavy (non-hydrogen) atoms. The van der Waals surface area contributed by atoms with Gasteiger partial charge in [0, 0.05) is 22.6 Å². The first-order valence-electron chi connectivity index (χ1n) is 10.5. The summed E-state index contributed by atoms with van der Waals surface area (Å²) < 4.78 is 12.0. The van der Waals surface area contributed by atoms with Crippen molar-refractivity contribution in [3.8, 4) is 11.5 Å². The number of hydrazone groups is 1. The molecule has 5 rings (SSSR count). The van der Waals surface area contributed by atoms with Crippen LogP contribution < -0.4 is 9.47 Å². The van der Waals surface area contributed by atoms with Crippen molar-refractivity contribution in [2.45, 2.75) is 25.6 Å². The highest BCUT2D eigenvalue weighted by atomic mass is 35.5. The lowest BCUT2D eigenvalue weighted by Gasteiger charge is -2.38. The van der Waals surface area contributed by atoms with Gasteiger partial charge >= 0.3 is 0 Å². The van der Waals surface area contributed by atoms with Gasteiger partial charge in [0.25, 0.3) is 0 Å². The fourth-order valence-corrected chi connectivity index (χ4v) is 4.69. The molecule has 0 saturated carbocycles. The minimum absolute atomic E-state index is 0.0204. The molecule has 2 aliphatic heterocycles. The van der Waals surface area contributed by atoms with E-state index < -0.39 is 6.23 Å². The molecule has 0 saturated heterocycles. The topological polar surface area (TPSA) is 34.1 Å². The summed E-state index contributed by atoms with van der Waals surface area (Å²) in [4.78, 5) is 0. The lowest BCUT2D eigenvalue weighted by atomic mass is 9.95. The lowest BCUT2D eigenvalue weighted by molar-refractivity contribution is -0.0189. The average molecular weight is 465 g/mol. The molecule has 6 heteroatoms. The van der Waals surface area contributed by atoms with Crippen LogP contribution in [0, 0.1) is 6.92 Å². The zero-order valence-corrected chi connectivity index (χ0v) is 19.1. The van der Waals surface area contributed by atoms with E-state index in [0.29, 0.717) is 22.4 Å². The van der Waals surface area contributed by atoms with Gasteiger partial charge in [0.15, 0.2) is 0 Å². The molecule has 2 atom stereocenters. The molecule has 4 nitrogen and oxygen atoms in total. The van der Waals surface area contributed by atoms with E-state index in [9.17, 15) is 0 Å². The van der Waals surface area contributed by atoms with Gasteiger partial charge < -0.3 is 9.47 Å². The molecular formula is C26H22Cl2N2O2. The molecule has 0 amide bonds. The maximum atomic E-state index is 6.55. The van der Waals surface area contributed by atoms with E-state index in [0.717, 1.165) is 34.6 Å². The van der Waals surface area contributed by atoms with Crippen molar-refractivity contribution in [2.24, 2.45) is 5.10 Å². The average Bonchev–Trinajstić information content (AvgIpc) is 3.24. The van der Waals surface area contributed by atoms with E-state index in [1.54, 1.807) is 12.1 Å². The fraction of sp³-hybridized carbons (Fsp3) is 0.192. The summed E-state index contributed by atoms with van der Waals surface area (Å²) in [5.41, 5.74) is 5.25. The molecule has 2 aliphatic rings. The van der Waals surface area contributed by atoms with Gasteiger partial charge in [-0.15, -0.1) is 0 Å². The van der Waals surface area contributed by atoms with Gasteiger partial charge in [-0.3, -0.25) is 0 Å². The Morgan fingerprint density at radius 1 is 1.12 bits per heavy atom. The Labute approximate surface area is 197 Å². The van der Waals surface area contributed by atoms with Crippen molar-refractivity contribution in [3.63, 3.8) is 0 Å². The highest BCUT2D eigenvalue weighted by Gasteiger charge is 2.42. The third-order valence-electron chi connectivity index (χ3n) is 5.73. The first-order chi connectivity index (χ1) is 15.5. The van der Waals surface area contributed by atoms with Gasteiger partial charge in [-0.2, -0.15) is 5.10 Å². The minimum Gasteiger partial charge on any atom is -0.490 e. The van der Waals surface area contributed by atoms with E-state index in [-0.39, 0.29) is 6.04 Å². The second kappa shape index (κ2) is 8.53. The van der Waals surface area contributed by atoms with Crippen LogP contribution in [0.5, 0.6) is 11.5 Å². The standard InChI is InChI=1S/C26H22Cl2N2O2/c1-3-12-31-20-10-8-18(9-11-20)26-30-24(21-13-19(27)14-22(28)25(21)32-26)15-23(29-30)17-6-4-16(2)5-7-17/h3-11,13-14,24,26H,1,12,15H2,2H3/t24-,26-/m0/s1. The third kappa shape index (κ3) is 3.85. The zero-order chi connectivity index (χ0) is 22.2. The molecule has 162 valence electrons. The molecule has 3 aromatic carbocycles. The van der Waals surface area contributed by atoms with Crippen LogP contribution in [0.25, 0.3) is 0 Å². The van der Waals surface area contributed by atoms with Crippen molar-refractivity contribution in [2.75, 3.05) is 6.61 Å². The van der Waals surface area contributed by atoms with Crippen molar-refractivity contribution in [3.05, 3.63) is 106 Å². The van der Waals surface area contributed by atoms with Crippen LogP contribution in [-0.2, 0) is 0 Å². The molecule has 0 N–H and O–H groups in total. The molecule has 0 aromatic heterocycles. The number of hydrogen-bond acceptors (Lipinski definition) is 4. The number of rotatable bonds is 5. The monoisotopic (exact) mass is 464 g/mol. The summed E-state index contributed by atoms with van der Waals surface area (Å²) in [7, 11) is 0. The van der Waals surface area contributed by atoms with E-state index in [4.69, 9.17) is 37.8 Å². The van der Waals surface area contributed by atoms with Crippen molar-refractivity contribution in [1.29, 1.82) is 0 Å². The molecular weight excluding hydrogens is 443 g/mol. The van der Waals surface area contributed by atoms with E-state index >= 15 is 0 Å². The van der Waals surface area contributed by atoms with Crippen molar-refractivity contribution in [1.82, 2.24) is 5.01 Å². The quantitative estimate of drug-likeness (QED) is 0.377. The van der Waals surface area contributed by atoms with Gasteiger partial charge in [-0.1, -0.05) is 65.7 Å². The highest BCUT2D eigenvalue weighted by Crippen LogP contribution is 2.50. The molecule has 0 bridgehead atoms. The predicted octanol–water partition coefficient (Wildman–Crippen LogP) is 7.11. The Bertz CT molecular complexity index is 1190. The largest absolute Gasteiger partial charge is 0.490 e. The van der Waals surface area contributed by atoms with Gasteiger partial charge in [0.05, 0.1) is 16.8 Å². The first kappa shape index (κ1) is 20.9. The Kier molecular flexibility index (Phi) is 5.58. The van der Waals surface area contributed by atoms with Gasteiger partial charge in [0.1, 0.15) is 18.1 Å². The zero-order valence-electron chi connectivity index (χ0n) is 17.6. The van der Waals surface area contributed by atoms with Crippen LogP contribution in [0.1, 0.15) is 40.9 Å².